The molecule has 0 aromatic carbocycles. The van der Waals surface area contributed by atoms with E-state index in [4.69, 9.17) is 4.74 Å². The molecular formula is C10H21NO. The summed E-state index contributed by atoms with van der Waals surface area (Å²) in [7, 11) is 2.17. The third-order valence-electron chi connectivity index (χ3n) is 2.96. The number of ether oxygens (including phenoxy) is 1. The van der Waals surface area contributed by atoms with Crippen LogP contribution in [0, 0.1) is 0 Å². The Balaban J connectivity index is 2.16. The maximum atomic E-state index is 5.52. The van der Waals surface area contributed by atoms with Crippen LogP contribution in [-0.2, 0) is 4.74 Å². The zero-order valence-corrected chi connectivity index (χ0v) is 8.76. The molecule has 0 radical (unpaired) electrons. The molecule has 1 saturated heterocycles. The SMILES string of the molecule is CC(C)N(C)CCC1(C)CCO1. The van der Waals surface area contributed by atoms with Gasteiger partial charge in [0.25, 0.3) is 0 Å². The van der Waals surface area contributed by atoms with Gasteiger partial charge in [0, 0.05) is 12.6 Å². The summed E-state index contributed by atoms with van der Waals surface area (Å²) in [5, 5.41) is 0. The highest BCUT2D eigenvalue weighted by atomic mass is 16.5. The Hall–Kier alpha value is -0.0800. The van der Waals surface area contributed by atoms with Crippen LogP contribution in [0.25, 0.3) is 0 Å². The highest BCUT2D eigenvalue weighted by Gasteiger charge is 2.32. The van der Waals surface area contributed by atoms with Gasteiger partial charge in [-0.15, -0.1) is 0 Å². The molecule has 1 fully saturated rings. The van der Waals surface area contributed by atoms with Crippen LogP contribution >= 0.6 is 0 Å². The minimum Gasteiger partial charge on any atom is -0.375 e. The van der Waals surface area contributed by atoms with Crippen LogP contribution in [0.15, 0.2) is 0 Å². The van der Waals surface area contributed by atoms with Crippen LogP contribution in [0.2, 0.25) is 0 Å². The van der Waals surface area contributed by atoms with E-state index in [-0.39, 0.29) is 5.60 Å². The molecule has 0 aromatic heterocycles. The van der Waals surface area contributed by atoms with Gasteiger partial charge in [-0.3, -0.25) is 0 Å². The Kier molecular flexibility index (Phi) is 3.13. The van der Waals surface area contributed by atoms with Gasteiger partial charge in [-0.1, -0.05) is 0 Å². The molecule has 2 nitrogen and oxygen atoms in total. The lowest BCUT2D eigenvalue weighted by atomic mass is 9.93. The maximum absolute atomic E-state index is 5.52. The average molecular weight is 171 g/mol. The van der Waals surface area contributed by atoms with Crippen LogP contribution in [0.1, 0.15) is 33.6 Å². The summed E-state index contributed by atoms with van der Waals surface area (Å²) in [6.45, 7) is 8.77. The van der Waals surface area contributed by atoms with Gasteiger partial charge in [-0.2, -0.15) is 0 Å². The predicted molar refractivity (Wildman–Crippen MR) is 51.4 cm³/mol. The van der Waals surface area contributed by atoms with Crippen molar-refractivity contribution in [2.24, 2.45) is 0 Å². The Morgan fingerprint density at radius 1 is 1.50 bits per heavy atom. The minimum absolute atomic E-state index is 0.198. The first-order chi connectivity index (χ1) is 5.53. The third-order valence-corrected chi connectivity index (χ3v) is 2.96. The van der Waals surface area contributed by atoms with E-state index < -0.39 is 0 Å². The molecule has 0 N–H and O–H groups in total. The summed E-state index contributed by atoms with van der Waals surface area (Å²) >= 11 is 0. The standard InChI is InChI=1S/C10H21NO/c1-9(2)11(4)7-5-10(3)6-8-12-10/h9H,5-8H2,1-4H3. The van der Waals surface area contributed by atoms with E-state index in [0.29, 0.717) is 6.04 Å². The van der Waals surface area contributed by atoms with Gasteiger partial charge in [0.15, 0.2) is 0 Å². The second-order valence-electron chi connectivity index (χ2n) is 4.37. The smallest absolute Gasteiger partial charge is 0.0688 e. The molecule has 0 spiro atoms. The molecular weight excluding hydrogens is 150 g/mol. The summed E-state index contributed by atoms with van der Waals surface area (Å²) in [6.07, 6.45) is 2.40. The van der Waals surface area contributed by atoms with Gasteiger partial charge in [0.2, 0.25) is 0 Å². The quantitative estimate of drug-likeness (QED) is 0.640. The van der Waals surface area contributed by atoms with E-state index in [1.807, 2.05) is 0 Å². The van der Waals surface area contributed by atoms with Crippen LogP contribution in [0.5, 0.6) is 0 Å². The second kappa shape index (κ2) is 3.75. The number of nitrogens with zero attached hydrogens (tertiary/aromatic N) is 1. The van der Waals surface area contributed by atoms with Crippen molar-refractivity contribution >= 4 is 0 Å². The topological polar surface area (TPSA) is 12.5 Å². The van der Waals surface area contributed by atoms with Crippen molar-refractivity contribution in [3.8, 4) is 0 Å². The fourth-order valence-electron chi connectivity index (χ4n) is 1.32. The van der Waals surface area contributed by atoms with Crippen molar-refractivity contribution in [2.45, 2.75) is 45.3 Å². The molecule has 2 heteroatoms. The first-order valence-electron chi connectivity index (χ1n) is 4.88. The van der Waals surface area contributed by atoms with E-state index in [0.717, 1.165) is 13.2 Å². The lowest BCUT2D eigenvalue weighted by Gasteiger charge is -2.40. The third kappa shape index (κ3) is 2.46. The summed E-state index contributed by atoms with van der Waals surface area (Å²) in [6, 6.07) is 0.647. The molecule has 12 heavy (non-hydrogen) atoms. The van der Waals surface area contributed by atoms with Crippen molar-refractivity contribution < 1.29 is 4.74 Å². The Morgan fingerprint density at radius 3 is 2.42 bits per heavy atom. The molecule has 0 saturated carbocycles. The predicted octanol–water partition coefficient (Wildman–Crippen LogP) is 1.90. The van der Waals surface area contributed by atoms with Gasteiger partial charge >= 0.3 is 0 Å². The van der Waals surface area contributed by atoms with Crippen molar-refractivity contribution in [1.29, 1.82) is 0 Å². The van der Waals surface area contributed by atoms with Crippen LogP contribution in [-0.4, -0.2) is 36.7 Å². The summed E-state index contributed by atoms with van der Waals surface area (Å²) in [5.74, 6) is 0. The van der Waals surface area contributed by atoms with E-state index >= 15 is 0 Å². The molecule has 1 atom stereocenters. The molecule has 0 aliphatic carbocycles. The molecule has 0 aromatic rings. The zero-order chi connectivity index (χ0) is 9.19. The van der Waals surface area contributed by atoms with E-state index in [1.54, 1.807) is 0 Å². The monoisotopic (exact) mass is 171 g/mol. The fraction of sp³-hybridized carbons (Fsp3) is 1.00. The lowest BCUT2D eigenvalue weighted by Crippen LogP contribution is -2.43. The maximum Gasteiger partial charge on any atom is 0.0688 e. The Labute approximate surface area is 75.9 Å². The molecule has 72 valence electrons. The van der Waals surface area contributed by atoms with Crippen LogP contribution < -0.4 is 0 Å². The highest BCUT2D eigenvalue weighted by Crippen LogP contribution is 2.29. The van der Waals surface area contributed by atoms with Gasteiger partial charge in [-0.25, -0.2) is 0 Å². The van der Waals surface area contributed by atoms with Crippen molar-refractivity contribution in [3.63, 3.8) is 0 Å². The Bertz CT molecular complexity index is 141. The van der Waals surface area contributed by atoms with Crippen molar-refractivity contribution in [1.82, 2.24) is 4.90 Å². The lowest BCUT2D eigenvalue weighted by molar-refractivity contribution is -0.140. The van der Waals surface area contributed by atoms with E-state index in [1.165, 1.54) is 12.8 Å². The molecule has 0 bridgehead atoms. The zero-order valence-electron chi connectivity index (χ0n) is 8.76. The largest absolute Gasteiger partial charge is 0.375 e. The van der Waals surface area contributed by atoms with Crippen LogP contribution in [0.4, 0.5) is 0 Å². The van der Waals surface area contributed by atoms with Gasteiger partial charge in [0.05, 0.1) is 12.2 Å². The molecule has 1 rings (SSSR count). The molecule has 0 amide bonds. The molecule has 1 aliphatic heterocycles. The molecule has 1 aliphatic rings. The normalized spacial score (nSPS) is 29.5. The van der Waals surface area contributed by atoms with Gasteiger partial charge < -0.3 is 9.64 Å². The Morgan fingerprint density at radius 2 is 2.08 bits per heavy atom. The van der Waals surface area contributed by atoms with Crippen LogP contribution in [0.3, 0.4) is 0 Å². The summed E-state index contributed by atoms with van der Waals surface area (Å²) in [5.41, 5.74) is 0.198. The van der Waals surface area contributed by atoms with Gasteiger partial charge in [-0.05, 0) is 40.7 Å². The van der Waals surface area contributed by atoms with Crippen molar-refractivity contribution in [3.05, 3.63) is 0 Å². The highest BCUT2D eigenvalue weighted by molar-refractivity contribution is 4.83. The molecule has 1 unspecified atom stereocenters. The van der Waals surface area contributed by atoms with Gasteiger partial charge in [0.1, 0.15) is 0 Å². The summed E-state index contributed by atoms with van der Waals surface area (Å²) < 4.78 is 5.52. The second-order valence-corrected chi connectivity index (χ2v) is 4.37. The fourth-order valence-corrected chi connectivity index (χ4v) is 1.32. The first-order valence-corrected chi connectivity index (χ1v) is 4.88. The average Bonchev–Trinajstić information content (AvgIpc) is 1.96. The number of hydrogen-bond donors (Lipinski definition) is 0. The van der Waals surface area contributed by atoms with E-state index in [9.17, 15) is 0 Å². The molecule has 1 heterocycles. The number of hydrogen-bond acceptors (Lipinski definition) is 2. The minimum atomic E-state index is 0.198. The first kappa shape index (κ1) is 10.0. The van der Waals surface area contributed by atoms with Crippen molar-refractivity contribution in [2.75, 3.05) is 20.2 Å². The summed E-state index contributed by atoms with van der Waals surface area (Å²) in [4.78, 5) is 2.37. The van der Waals surface area contributed by atoms with E-state index in [2.05, 4.69) is 32.7 Å². The number of rotatable bonds is 4.